The summed E-state index contributed by atoms with van der Waals surface area (Å²) in [6.45, 7) is 1.68. The maximum atomic E-state index is 8.90. The van der Waals surface area contributed by atoms with Crippen LogP contribution in [-0.4, -0.2) is 16.7 Å². The van der Waals surface area contributed by atoms with E-state index in [1.807, 2.05) is 19.1 Å². The number of rotatable bonds is 2. The Labute approximate surface area is 85.2 Å². The highest BCUT2D eigenvalue weighted by atomic mass is 79.9. The molecule has 0 amide bonds. The first-order valence-electron chi connectivity index (χ1n) is 3.81. The standard InChI is InChI=1S/C9H9BrN2O/c1-6-2-8(10)4-12-9(6)7(3-11)5-13/h2,4,7,13H,5H2,1H3. The van der Waals surface area contributed by atoms with Gasteiger partial charge in [-0.2, -0.15) is 5.26 Å². The van der Waals surface area contributed by atoms with E-state index < -0.39 is 5.92 Å². The van der Waals surface area contributed by atoms with Gasteiger partial charge >= 0.3 is 0 Å². The lowest BCUT2D eigenvalue weighted by molar-refractivity contribution is 0.284. The Bertz CT molecular complexity index is 346. The van der Waals surface area contributed by atoms with E-state index in [1.165, 1.54) is 0 Å². The highest BCUT2D eigenvalue weighted by molar-refractivity contribution is 9.10. The van der Waals surface area contributed by atoms with E-state index in [4.69, 9.17) is 10.4 Å². The smallest absolute Gasteiger partial charge is 0.112 e. The van der Waals surface area contributed by atoms with Crippen molar-refractivity contribution in [2.75, 3.05) is 6.61 Å². The monoisotopic (exact) mass is 240 g/mol. The number of nitriles is 1. The van der Waals surface area contributed by atoms with Gasteiger partial charge in [0.15, 0.2) is 0 Å². The van der Waals surface area contributed by atoms with Gasteiger partial charge in [0.1, 0.15) is 5.92 Å². The quantitative estimate of drug-likeness (QED) is 0.858. The molecule has 1 aromatic rings. The van der Waals surface area contributed by atoms with Crippen molar-refractivity contribution in [1.29, 1.82) is 5.26 Å². The number of aliphatic hydroxyl groups is 1. The summed E-state index contributed by atoms with van der Waals surface area (Å²) in [7, 11) is 0. The van der Waals surface area contributed by atoms with Crippen LogP contribution in [0.4, 0.5) is 0 Å². The molecule has 68 valence electrons. The minimum atomic E-state index is -0.520. The molecular weight excluding hydrogens is 232 g/mol. The Hall–Kier alpha value is -0.920. The lowest BCUT2D eigenvalue weighted by Gasteiger charge is -2.07. The van der Waals surface area contributed by atoms with Crippen molar-refractivity contribution in [1.82, 2.24) is 4.98 Å². The molecule has 0 bridgehead atoms. The second-order valence-electron chi connectivity index (χ2n) is 2.72. The summed E-state index contributed by atoms with van der Waals surface area (Å²) in [6.07, 6.45) is 1.63. The van der Waals surface area contributed by atoms with Crippen molar-refractivity contribution >= 4 is 15.9 Å². The van der Waals surface area contributed by atoms with Crippen LogP contribution >= 0.6 is 15.9 Å². The number of hydrogen-bond donors (Lipinski definition) is 1. The Balaban J connectivity index is 3.09. The number of hydrogen-bond acceptors (Lipinski definition) is 3. The molecule has 1 atom stereocenters. The van der Waals surface area contributed by atoms with E-state index in [-0.39, 0.29) is 6.61 Å². The molecule has 1 heterocycles. The molecular formula is C9H9BrN2O. The lowest BCUT2D eigenvalue weighted by atomic mass is 10.0. The van der Waals surface area contributed by atoms with Gasteiger partial charge in [-0.15, -0.1) is 0 Å². The highest BCUT2D eigenvalue weighted by Gasteiger charge is 2.13. The van der Waals surface area contributed by atoms with Gasteiger partial charge in [-0.05, 0) is 34.5 Å². The maximum Gasteiger partial charge on any atom is 0.112 e. The van der Waals surface area contributed by atoms with Gasteiger partial charge in [0.2, 0.25) is 0 Å². The first-order valence-corrected chi connectivity index (χ1v) is 4.61. The minimum Gasteiger partial charge on any atom is -0.395 e. The molecule has 0 radical (unpaired) electrons. The fourth-order valence-corrected chi connectivity index (χ4v) is 1.55. The van der Waals surface area contributed by atoms with Gasteiger partial charge < -0.3 is 5.11 Å². The molecule has 0 fully saturated rings. The predicted octanol–water partition coefficient (Wildman–Crippen LogP) is 1.75. The molecule has 0 spiro atoms. The van der Waals surface area contributed by atoms with E-state index in [2.05, 4.69) is 20.9 Å². The van der Waals surface area contributed by atoms with Crippen LogP contribution in [0, 0.1) is 18.3 Å². The van der Waals surface area contributed by atoms with Crippen molar-refractivity contribution in [3.8, 4) is 6.07 Å². The third-order valence-corrected chi connectivity index (χ3v) is 2.19. The Morgan fingerprint density at radius 3 is 2.92 bits per heavy atom. The zero-order valence-electron chi connectivity index (χ0n) is 7.16. The van der Waals surface area contributed by atoms with Crippen molar-refractivity contribution < 1.29 is 5.11 Å². The third kappa shape index (κ3) is 2.27. The molecule has 1 N–H and O–H groups in total. The number of aryl methyl sites for hydroxylation is 1. The normalized spacial score (nSPS) is 12.2. The van der Waals surface area contributed by atoms with Crippen LogP contribution in [0.5, 0.6) is 0 Å². The van der Waals surface area contributed by atoms with Crippen LogP contribution in [-0.2, 0) is 0 Å². The molecule has 0 aromatic carbocycles. The number of pyridine rings is 1. The Morgan fingerprint density at radius 2 is 2.46 bits per heavy atom. The molecule has 13 heavy (non-hydrogen) atoms. The summed E-state index contributed by atoms with van der Waals surface area (Å²) >= 11 is 3.28. The molecule has 4 heteroatoms. The summed E-state index contributed by atoms with van der Waals surface area (Å²) in [5.41, 5.74) is 1.56. The molecule has 3 nitrogen and oxygen atoms in total. The number of aromatic nitrogens is 1. The molecule has 0 saturated heterocycles. The van der Waals surface area contributed by atoms with Gasteiger partial charge in [-0.1, -0.05) is 0 Å². The number of nitrogens with zero attached hydrogens (tertiary/aromatic N) is 2. The maximum absolute atomic E-state index is 8.90. The first-order chi connectivity index (χ1) is 6.19. The average Bonchev–Trinajstić information content (AvgIpc) is 2.10. The largest absolute Gasteiger partial charge is 0.395 e. The molecule has 1 unspecified atom stereocenters. The fourth-order valence-electron chi connectivity index (χ4n) is 1.10. The first kappa shape index (κ1) is 10.2. The van der Waals surface area contributed by atoms with E-state index in [0.29, 0.717) is 5.69 Å². The minimum absolute atomic E-state index is 0.189. The van der Waals surface area contributed by atoms with Gasteiger partial charge in [0, 0.05) is 10.7 Å². The van der Waals surface area contributed by atoms with Gasteiger partial charge in [0.05, 0.1) is 18.4 Å². The van der Waals surface area contributed by atoms with Crippen LogP contribution in [0.1, 0.15) is 17.2 Å². The molecule has 1 rings (SSSR count). The fraction of sp³-hybridized carbons (Fsp3) is 0.333. The van der Waals surface area contributed by atoms with E-state index >= 15 is 0 Å². The van der Waals surface area contributed by atoms with Crippen molar-refractivity contribution in [2.45, 2.75) is 12.8 Å². The SMILES string of the molecule is Cc1cc(Br)cnc1C(C#N)CO. The Kier molecular flexibility index (Phi) is 3.40. The second kappa shape index (κ2) is 4.35. The van der Waals surface area contributed by atoms with Gasteiger partial charge in [-0.3, -0.25) is 4.98 Å². The van der Waals surface area contributed by atoms with Crippen LogP contribution in [0.25, 0.3) is 0 Å². The summed E-state index contributed by atoms with van der Waals surface area (Å²) < 4.78 is 0.878. The van der Waals surface area contributed by atoms with Crippen LogP contribution in [0.3, 0.4) is 0 Å². The summed E-state index contributed by atoms with van der Waals surface area (Å²) in [5.74, 6) is -0.520. The number of halogens is 1. The summed E-state index contributed by atoms with van der Waals surface area (Å²) in [4.78, 5) is 4.09. The van der Waals surface area contributed by atoms with Crippen molar-refractivity contribution in [3.63, 3.8) is 0 Å². The van der Waals surface area contributed by atoms with Crippen LogP contribution < -0.4 is 0 Å². The highest BCUT2D eigenvalue weighted by Crippen LogP contribution is 2.19. The van der Waals surface area contributed by atoms with E-state index in [1.54, 1.807) is 6.20 Å². The summed E-state index contributed by atoms with van der Waals surface area (Å²) in [6, 6.07) is 3.88. The topological polar surface area (TPSA) is 56.9 Å². The third-order valence-electron chi connectivity index (χ3n) is 1.75. The summed E-state index contributed by atoms with van der Waals surface area (Å²) in [5, 5.41) is 17.6. The van der Waals surface area contributed by atoms with Gasteiger partial charge in [-0.25, -0.2) is 0 Å². The van der Waals surface area contributed by atoms with E-state index in [9.17, 15) is 0 Å². The second-order valence-corrected chi connectivity index (χ2v) is 3.64. The zero-order valence-corrected chi connectivity index (χ0v) is 8.74. The van der Waals surface area contributed by atoms with Gasteiger partial charge in [0.25, 0.3) is 0 Å². The zero-order chi connectivity index (χ0) is 9.84. The molecule has 0 aliphatic rings. The molecule has 0 aliphatic heterocycles. The Morgan fingerprint density at radius 1 is 1.77 bits per heavy atom. The van der Waals surface area contributed by atoms with Crippen LogP contribution in [0.2, 0.25) is 0 Å². The van der Waals surface area contributed by atoms with E-state index in [0.717, 1.165) is 10.0 Å². The van der Waals surface area contributed by atoms with Crippen molar-refractivity contribution in [2.24, 2.45) is 0 Å². The lowest BCUT2D eigenvalue weighted by Crippen LogP contribution is -2.05. The molecule has 0 aliphatic carbocycles. The van der Waals surface area contributed by atoms with Crippen molar-refractivity contribution in [3.05, 3.63) is 28.0 Å². The van der Waals surface area contributed by atoms with Crippen LogP contribution in [0.15, 0.2) is 16.7 Å². The molecule has 1 aromatic heterocycles. The predicted molar refractivity (Wildman–Crippen MR) is 52.1 cm³/mol. The number of aliphatic hydroxyl groups excluding tert-OH is 1. The molecule has 0 saturated carbocycles. The average molecular weight is 241 g/mol.